The summed E-state index contributed by atoms with van der Waals surface area (Å²) in [6.07, 6.45) is 2.51. The van der Waals surface area contributed by atoms with E-state index in [9.17, 15) is 0 Å². The van der Waals surface area contributed by atoms with Gasteiger partial charge in [0.15, 0.2) is 4.67 Å². The molecule has 1 aliphatic heterocycles. The maximum atomic E-state index is 5.90. The zero-order valence-electron chi connectivity index (χ0n) is 8.59. The summed E-state index contributed by atoms with van der Waals surface area (Å²) in [7, 11) is 0. The van der Waals surface area contributed by atoms with Crippen LogP contribution in [0, 0.1) is 5.92 Å². The first-order valence-electron chi connectivity index (χ1n) is 5.30. The van der Waals surface area contributed by atoms with Crippen molar-refractivity contribution < 1.29 is 4.42 Å². The van der Waals surface area contributed by atoms with Crippen molar-refractivity contribution in [2.75, 3.05) is 19.0 Å². The van der Waals surface area contributed by atoms with Crippen LogP contribution in [0.4, 0.5) is 0 Å². The molecule has 2 rings (SSSR count). The molecule has 15 heavy (non-hydrogen) atoms. The minimum atomic E-state index is 0.652. The van der Waals surface area contributed by atoms with Gasteiger partial charge in [-0.3, -0.25) is 4.90 Å². The number of alkyl halides is 1. The van der Waals surface area contributed by atoms with Crippen LogP contribution < -0.4 is 0 Å². The number of rotatable bonds is 3. The Morgan fingerprint density at radius 2 is 2.40 bits per heavy atom. The second-order valence-electron chi connectivity index (χ2n) is 4.10. The van der Waals surface area contributed by atoms with Crippen molar-refractivity contribution in [1.82, 2.24) is 4.90 Å². The molecule has 0 bridgehead atoms. The first-order chi connectivity index (χ1) is 7.28. The number of piperidine rings is 1. The smallest absolute Gasteiger partial charge is 0.169 e. The lowest BCUT2D eigenvalue weighted by molar-refractivity contribution is 0.166. The number of likely N-dealkylation sites (tertiary alicyclic amines) is 1. The van der Waals surface area contributed by atoms with E-state index in [1.807, 2.05) is 12.1 Å². The molecular formula is C11H15BrClNO. The van der Waals surface area contributed by atoms with Gasteiger partial charge in [0.05, 0.1) is 6.54 Å². The largest absolute Gasteiger partial charge is 0.453 e. The molecule has 1 aliphatic rings. The van der Waals surface area contributed by atoms with E-state index < -0.39 is 0 Å². The molecule has 1 atom stereocenters. The van der Waals surface area contributed by atoms with Gasteiger partial charge in [-0.2, -0.15) is 0 Å². The van der Waals surface area contributed by atoms with Gasteiger partial charge in [-0.15, -0.1) is 11.6 Å². The van der Waals surface area contributed by atoms with Crippen molar-refractivity contribution in [3.8, 4) is 0 Å². The molecule has 0 amide bonds. The number of furan rings is 1. The van der Waals surface area contributed by atoms with Crippen LogP contribution in [0.1, 0.15) is 18.6 Å². The quantitative estimate of drug-likeness (QED) is 0.793. The average Bonchev–Trinajstić information content (AvgIpc) is 2.64. The molecule has 4 heteroatoms. The second-order valence-corrected chi connectivity index (χ2v) is 5.19. The maximum Gasteiger partial charge on any atom is 0.169 e. The minimum Gasteiger partial charge on any atom is -0.453 e. The van der Waals surface area contributed by atoms with E-state index in [1.165, 1.54) is 12.8 Å². The van der Waals surface area contributed by atoms with Crippen LogP contribution in [0.5, 0.6) is 0 Å². The van der Waals surface area contributed by atoms with Crippen LogP contribution in [-0.2, 0) is 6.54 Å². The maximum absolute atomic E-state index is 5.90. The predicted molar refractivity (Wildman–Crippen MR) is 65.1 cm³/mol. The lowest BCUT2D eigenvalue weighted by Gasteiger charge is -2.30. The van der Waals surface area contributed by atoms with Crippen molar-refractivity contribution in [3.63, 3.8) is 0 Å². The van der Waals surface area contributed by atoms with Crippen LogP contribution in [-0.4, -0.2) is 23.9 Å². The molecule has 2 nitrogen and oxygen atoms in total. The summed E-state index contributed by atoms with van der Waals surface area (Å²) in [4.78, 5) is 2.42. The van der Waals surface area contributed by atoms with Gasteiger partial charge < -0.3 is 4.42 Å². The van der Waals surface area contributed by atoms with E-state index in [4.69, 9.17) is 16.0 Å². The molecule has 0 saturated carbocycles. The normalized spacial score (nSPS) is 23.2. The highest BCUT2D eigenvalue weighted by Gasteiger charge is 2.19. The molecule has 1 unspecified atom stereocenters. The molecule has 0 aromatic carbocycles. The van der Waals surface area contributed by atoms with E-state index in [-0.39, 0.29) is 0 Å². The zero-order chi connectivity index (χ0) is 10.7. The van der Waals surface area contributed by atoms with Crippen molar-refractivity contribution in [3.05, 3.63) is 22.6 Å². The average molecular weight is 293 g/mol. The highest BCUT2D eigenvalue weighted by atomic mass is 79.9. The van der Waals surface area contributed by atoms with Gasteiger partial charge in [-0.25, -0.2) is 0 Å². The molecule has 2 heterocycles. The Kier molecular flexibility index (Phi) is 4.12. The Labute approximate surface area is 104 Å². The number of halogens is 2. The van der Waals surface area contributed by atoms with Crippen LogP contribution in [0.3, 0.4) is 0 Å². The third kappa shape index (κ3) is 3.23. The summed E-state index contributed by atoms with van der Waals surface area (Å²) in [5.74, 6) is 2.45. The Morgan fingerprint density at radius 3 is 3.07 bits per heavy atom. The molecule has 1 aromatic rings. The molecular weight excluding hydrogens is 277 g/mol. The van der Waals surface area contributed by atoms with Crippen LogP contribution in [0.25, 0.3) is 0 Å². The molecule has 0 N–H and O–H groups in total. The van der Waals surface area contributed by atoms with Crippen molar-refractivity contribution in [2.45, 2.75) is 19.4 Å². The third-order valence-corrected chi connectivity index (χ3v) is 3.69. The number of hydrogen-bond acceptors (Lipinski definition) is 2. The first-order valence-corrected chi connectivity index (χ1v) is 6.63. The summed E-state index contributed by atoms with van der Waals surface area (Å²) in [6, 6.07) is 3.96. The molecule has 1 aromatic heterocycles. The van der Waals surface area contributed by atoms with Gasteiger partial charge in [-0.1, -0.05) is 0 Å². The van der Waals surface area contributed by atoms with E-state index >= 15 is 0 Å². The van der Waals surface area contributed by atoms with Crippen LogP contribution in [0.2, 0.25) is 0 Å². The van der Waals surface area contributed by atoms with E-state index in [1.54, 1.807) is 0 Å². The van der Waals surface area contributed by atoms with E-state index in [0.717, 1.165) is 35.9 Å². The Balaban J connectivity index is 1.88. The molecule has 0 radical (unpaired) electrons. The lowest BCUT2D eigenvalue weighted by Crippen LogP contribution is -2.35. The highest BCUT2D eigenvalue weighted by Crippen LogP contribution is 2.21. The standard InChI is InChI=1S/C11H15BrClNO/c12-11-4-3-10(15-11)8-14-5-1-2-9(6-13)7-14/h3-4,9H,1-2,5-8H2. The van der Waals surface area contributed by atoms with Crippen molar-refractivity contribution in [2.24, 2.45) is 5.92 Å². The first kappa shape index (κ1) is 11.5. The fraction of sp³-hybridized carbons (Fsp3) is 0.636. The lowest BCUT2D eigenvalue weighted by atomic mass is 10.00. The fourth-order valence-corrected chi connectivity index (χ4v) is 2.67. The summed E-state index contributed by atoms with van der Waals surface area (Å²) < 4.78 is 6.31. The number of nitrogens with zero attached hydrogens (tertiary/aromatic N) is 1. The molecule has 1 saturated heterocycles. The summed E-state index contributed by atoms with van der Waals surface area (Å²) in [6.45, 7) is 3.16. The summed E-state index contributed by atoms with van der Waals surface area (Å²) in [5, 5.41) is 0. The van der Waals surface area contributed by atoms with Crippen molar-refractivity contribution in [1.29, 1.82) is 0 Å². The zero-order valence-corrected chi connectivity index (χ0v) is 10.9. The highest BCUT2D eigenvalue weighted by molar-refractivity contribution is 9.10. The molecule has 0 spiro atoms. The van der Waals surface area contributed by atoms with Crippen LogP contribution in [0.15, 0.2) is 21.2 Å². The monoisotopic (exact) mass is 291 g/mol. The Bertz CT molecular complexity index is 315. The Hall–Kier alpha value is 0.01000. The van der Waals surface area contributed by atoms with Crippen LogP contribution >= 0.6 is 27.5 Å². The Morgan fingerprint density at radius 1 is 1.53 bits per heavy atom. The van der Waals surface area contributed by atoms with Gasteiger partial charge in [0.1, 0.15) is 5.76 Å². The van der Waals surface area contributed by atoms with E-state index in [0.29, 0.717) is 5.92 Å². The second kappa shape index (κ2) is 5.37. The van der Waals surface area contributed by atoms with E-state index in [2.05, 4.69) is 20.8 Å². The molecule has 84 valence electrons. The molecule has 1 fully saturated rings. The topological polar surface area (TPSA) is 16.4 Å². The predicted octanol–water partition coefficient (Wildman–Crippen LogP) is 3.49. The summed E-state index contributed by atoms with van der Waals surface area (Å²) >= 11 is 9.21. The summed E-state index contributed by atoms with van der Waals surface area (Å²) in [5.41, 5.74) is 0. The molecule has 0 aliphatic carbocycles. The van der Waals surface area contributed by atoms with Gasteiger partial charge in [0.25, 0.3) is 0 Å². The SMILES string of the molecule is ClCC1CCCN(Cc2ccc(Br)o2)C1. The van der Waals surface area contributed by atoms with Crippen molar-refractivity contribution >= 4 is 27.5 Å². The van der Waals surface area contributed by atoms with Gasteiger partial charge in [-0.05, 0) is 53.4 Å². The number of hydrogen-bond donors (Lipinski definition) is 0. The van der Waals surface area contributed by atoms with Gasteiger partial charge >= 0.3 is 0 Å². The third-order valence-electron chi connectivity index (χ3n) is 2.83. The van der Waals surface area contributed by atoms with Gasteiger partial charge in [0, 0.05) is 12.4 Å². The minimum absolute atomic E-state index is 0.652. The fourth-order valence-electron chi connectivity index (χ4n) is 2.08. The van der Waals surface area contributed by atoms with Gasteiger partial charge in [0.2, 0.25) is 0 Å².